The van der Waals surface area contributed by atoms with E-state index >= 15 is 0 Å². The third-order valence-corrected chi connectivity index (χ3v) is 3.78. The monoisotopic (exact) mass is 474 g/mol. The fraction of sp³-hybridized carbons (Fsp3) is 0.471. The third-order valence-electron chi connectivity index (χ3n) is 3.78. The maximum absolute atomic E-state index is 5.46. The van der Waals surface area contributed by atoms with Crippen LogP contribution >= 0.6 is 24.0 Å². The molecular weight excluding hydrogens is 447 g/mol. The highest BCUT2D eigenvalue weighted by Crippen LogP contribution is 2.29. The zero-order valence-corrected chi connectivity index (χ0v) is 18.1. The number of methoxy groups -OCH3 is 2. The van der Waals surface area contributed by atoms with Gasteiger partial charge in [-0.25, -0.2) is 9.98 Å². The van der Waals surface area contributed by atoms with Gasteiger partial charge in [-0.2, -0.15) is 5.10 Å². The molecular formula is C17H27IN6O2. The second kappa shape index (κ2) is 10.8. The van der Waals surface area contributed by atoms with Crippen LogP contribution < -0.4 is 20.1 Å². The molecule has 1 aromatic carbocycles. The first kappa shape index (κ1) is 22.0. The lowest BCUT2D eigenvalue weighted by Gasteiger charge is -2.20. The number of aromatic nitrogens is 3. The van der Waals surface area contributed by atoms with Crippen molar-refractivity contribution in [2.75, 3.05) is 20.8 Å². The third kappa shape index (κ3) is 5.75. The van der Waals surface area contributed by atoms with Gasteiger partial charge in [0.2, 0.25) is 0 Å². The van der Waals surface area contributed by atoms with Crippen molar-refractivity contribution in [2.45, 2.75) is 26.4 Å². The number of guanidine groups is 1. The van der Waals surface area contributed by atoms with E-state index in [1.165, 1.54) is 6.33 Å². The largest absolute Gasteiger partial charge is 0.497 e. The zero-order chi connectivity index (χ0) is 18.2. The van der Waals surface area contributed by atoms with Crippen molar-refractivity contribution in [1.82, 2.24) is 25.4 Å². The van der Waals surface area contributed by atoms with Gasteiger partial charge in [-0.3, -0.25) is 4.68 Å². The summed E-state index contributed by atoms with van der Waals surface area (Å²) in [5.74, 6) is 3.07. The van der Waals surface area contributed by atoms with Gasteiger partial charge < -0.3 is 20.1 Å². The molecule has 0 aliphatic carbocycles. The fourth-order valence-corrected chi connectivity index (χ4v) is 2.39. The van der Waals surface area contributed by atoms with E-state index in [1.54, 1.807) is 18.9 Å². The summed E-state index contributed by atoms with van der Waals surface area (Å²) in [6.45, 7) is 5.27. The number of nitrogens with one attached hydrogen (secondary N) is 2. The van der Waals surface area contributed by atoms with E-state index in [2.05, 4.69) is 25.7 Å². The van der Waals surface area contributed by atoms with Crippen LogP contribution in [0.15, 0.2) is 29.5 Å². The molecule has 2 N–H and O–H groups in total. The second-order valence-electron chi connectivity index (χ2n) is 5.47. The van der Waals surface area contributed by atoms with Gasteiger partial charge in [0, 0.05) is 19.2 Å². The van der Waals surface area contributed by atoms with Crippen LogP contribution in [0.3, 0.4) is 0 Å². The first-order valence-corrected chi connectivity index (χ1v) is 8.18. The minimum atomic E-state index is -0.0256. The van der Waals surface area contributed by atoms with Gasteiger partial charge >= 0.3 is 0 Å². The highest BCUT2D eigenvalue weighted by Gasteiger charge is 2.14. The number of nitrogens with zero attached hydrogens (tertiary/aromatic N) is 4. The quantitative estimate of drug-likeness (QED) is 0.364. The van der Waals surface area contributed by atoms with Crippen molar-refractivity contribution >= 4 is 29.9 Å². The summed E-state index contributed by atoms with van der Waals surface area (Å²) in [5.41, 5.74) is 0.992. The molecule has 0 saturated heterocycles. The molecule has 144 valence electrons. The van der Waals surface area contributed by atoms with Gasteiger partial charge in [0.25, 0.3) is 0 Å². The molecule has 0 amide bonds. The van der Waals surface area contributed by atoms with Crippen LogP contribution in [0.1, 0.15) is 31.3 Å². The van der Waals surface area contributed by atoms with E-state index in [9.17, 15) is 0 Å². The summed E-state index contributed by atoms with van der Waals surface area (Å²) in [6.07, 6.45) is 1.52. The molecule has 9 heteroatoms. The Balaban J connectivity index is 0.00000338. The number of ether oxygens (including phenoxy) is 2. The van der Waals surface area contributed by atoms with Crippen LogP contribution in [-0.2, 0) is 13.6 Å². The molecule has 1 unspecified atom stereocenters. The summed E-state index contributed by atoms with van der Waals surface area (Å²) in [5, 5.41) is 10.7. The number of aliphatic imine (C=N–C) groups is 1. The standard InChI is InChI=1S/C17H26N6O2.HI/c1-6-18-17(19-10-16-20-11-21-23(16)3)22-12(2)14-9-13(24-4)7-8-15(14)25-5;/h7-9,11-12H,6,10H2,1-5H3,(H2,18,19,22);1H. The van der Waals surface area contributed by atoms with Crippen molar-refractivity contribution in [3.05, 3.63) is 35.9 Å². The number of rotatable bonds is 7. The molecule has 8 nitrogen and oxygen atoms in total. The van der Waals surface area contributed by atoms with Crippen LogP contribution in [0, 0.1) is 0 Å². The van der Waals surface area contributed by atoms with Gasteiger partial charge in [-0.15, -0.1) is 24.0 Å². The molecule has 0 saturated carbocycles. The van der Waals surface area contributed by atoms with Crippen LogP contribution in [0.25, 0.3) is 0 Å². The van der Waals surface area contributed by atoms with Crippen LogP contribution in [-0.4, -0.2) is 41.5 Å². The second-order valence-corrected chi connectivity index (χ2v) is 5.47. The molecule has 2 aromatic rings. The van der Waals surface area contributed by atoms with Crippen molar-refractivity contribution in [3.8, 4) is 11.5 Å². The van der Waals surface area contributed by atoms with Crippen molar-refractivity contribution in [1.29, 1.82) is 0 Å². The number of hydrogen-bond acceptors (Lipinski definition) is 5. The maximum Gasteiger partial charge on any atom is 0.192 e. The van der Waals surface area contributed by atoms with Crippen molar-refractivity contribution in [2.24, 2.45) is 12.0 Å². The average Bonchev–Trinajstić information content (AvgIpc) is 3.04. The minimum Gasteiger partial charge on any atom is -0.497 e. The highest BCUT2D eigenvalue weighted by molar-refractivity contribution is 14.0. The van der Waals surface area contributed by atoms with Crippen LogP contribution in [0.5, 0.6) is 11.5 Å². The molecule has 0 aliphatic rings. The predicted octanol–water partition coefficient (Wildman–Crippen LogP) is 2.27. The fourth-order valence-electron chi connectivity index (χ4n) is 2.39. The van der Waals surface area contributed by atoms with E-state index in [-0.39, 0.29) is 30.0 Å². The Hall–Kier alpha value is -2.04. The van der Waals surface area contributed by atoms with Gasteiger partial charge in [0.15, 0.2) is 5.96 Å². The Morgan fingerprint density at radius 2 is 2.08 bits per heavy atom. The molecule has 1 heterocycles. The molecule has 1 aromatic heterocycles. The lowest BCUT2D eigenvalue weighted by atomic mass is 10.1. The first-order chi connectivity index (χ1) is 12.1. The molecule has 0 aliphatic heterocycles. The topological polar surface area (TPSA) is 85.6 Å². The Morgan fingerprint density at radius 1 is 1.31 bits per heavy atom. The molecule has 0 radical (unpaired) electrons. The van der Waals surface area contributed by atoms with Gasteiger partial charge in [-0.1, -0.05) is 0 Å². The average molecular weight is 474 g/mol. The zero-order valence-electron chi connectivity index (χ0n) is 15.8. The summed E-state index contributed by atoms with van der Waals surface area (Å²) in [4.78, 5) is 8.77. The SMILES string of the molecule is CCNC(=NCc1ncnn1C)NC(C)c1cc(OC)ccc1OC.I. The van der Waals surface area contributed by atoms with E-state index in [0.29, 0.717) is 12.5 Å². The summed E-state index contributed by atoms with van der Waals surface area (Å²) < 4.78 is 12.5. The van der Waals surface area contributed by atoms with Gasteiger partial charge in [0.05, 0.1) is 20.3 Å². The number of aryl methyl sites for hydroxylation is 1. The van der Waals surface area contributed by atoms with E-state index in [1.807, 2.05) is 39.1 Å². The Bertz CT molecular complexity index is 719. The Kier molecular flexibility index (Phi) is 9.17. The number of halogens is 1. The summed E-state index contributed by atoms with van der Waals surface area (Å²) in [6, 6.07) is 5.71. The summed E-state index contributed by atoms with van der Waals surface area (Å²) in [7, 11) is 5.16. The molecule has 1 atom stereocenters. The van der Waals surface area contributed by atoms with E-state index < -0.39 is 0 Å². The van der Waals surface area contributed by atoms with Gasteiger partial charge in [-0.05, 0) is 32.0 Å². The highest BCUT2D eigenvalue weighted by atomic mass is 127. The lowest BCUT2D eigenvalue weighted by molar-refractivity contribution is 0.394. The van der Waals surface area contributed by atoms with Crippen molar-refractivity contribution in [3.63, 3.8) is 0 Å². The lowest BCUT2D eigenvalue weighted by Crippen LogP contribution is -2.38. The Labute approximate surface area is 171 Å². The predicted molar refractivity (Wildman–Crippen MR) is 112 cm³/mol. The normalized spacial score (nSPS) is 12.1. The summed E-state index contributed by atoms with van der Waals surface area (Å²) >= 11 is 0. The number of hydrogen-bond donors (Lipinski definition) is 2. The molecule has 2 rings (SSSR count). The maximum atomic E-state index is 5.46. The van der Waals surface area contributed by atoms with E-state index in [4.69, 9.17) is 9.47 Å². The molecule has 0 bridgehead atoms. The van der Waals surface area contributed by atoms with Gasteiger partial charge in [0.1, 0.15) is 30.2 Å². The first-order valence-electron chi connectivity index (χ1n) is 8.18. The smallest absolute Gasteiger partial charge is 0.192 e. The number of benzene rings is 1. The molecule has 0 fully saturated rings. The minimum absolute atomic E-state index is 0. The van der Waals surface area contributed by atoms with E-state index in [0.717, 1.165) is 29.4 Å². The van der Waals surface area contributed by atoms with Crippen molar-refractivity contribution < 1.29 is 9.47 Å². The molecule has 26 heavy (non-hydrogen) atoms. The van der Waals surface area contributed by atoms with Crippen LogP contribution in [0.2, 0.25) is 0 Å². The van der Waals surface area contributed by atoms with Crippen LogP contribution in [0.4, 0.5) is 0 Å². The molecule has 0 spiro atoms. The Morgan fingerprint density at radius 3 is 2.65 bits per heavy atom.